The summed E-state index contributed by atoms with van der Waals surface area (Å²) in [5.74, 6) is -0.865. The number of rotatable bonds is 12. The van der Waals surface area contributed by atoms with Gasteiger partial charge in [-0.1, -0.05) is 11.6 Å². The molecule has 1 aromatic carbocycles. The summed E-state index contributed by atoms with van der Waals surface area (Å²) in [5.41, 5.74) is -0.528. The number of aromatic nitrogens is 3. The first kappa shape index (κ1) is 39.7. The van der Waals surface area contributed by atoms with Gasteiger partial charge in [-0.2, -0.15) is 23.4 Å². The second-order valence-electron chi connectivity index (χ2n) is 13.1. The van der Waals surface area contributed by atoms with Gasteiger partial charge in [-0.05, 0) is 78.3 Å². The number of hydrogen-bond donors (Lipinski definition) is 2. The number of nitrogens with one attached hydrogen (secondary N) is 2. The van der Waals surface area contributed by atoms with E-state index in [9.17, 15) is 31.9 Å². The number of carbonyl (C=O) groups is 3. The van der Waals surface area contributed by atoms with E-state index in [0.29, 0.717) is 21.3 Å². The molecule has 3 rings (SSSR count). The summed E-state index contributed by atoms with van der Waals surface area (Å²) in [6, 6.07) is 8.81. The first-order chi connectivity index (χ1) is 23.2. The van der Waals surface area contributed by atoms with Gasteiger partial charge in [0, 0.05) is 54.6 Å². The van der Waals surface area contributed by atoms with Crippen LogP contribution in [0.1, 0.15) is 54.4 Å². The van der Waals surface area contributed by atoms with Crippen molar-refractivity contribution in [2.45, 2.75) is 71.8 Å². The molecule has 2 N–H and O–H groups in total. The molecule has 3 aromatic rings. The number of benzene rings is 1. The van der Waals surface area contributed by atoms with E-state index < -0.39 is 47.8 Å². The summed E-state index contributed by atoms with van der Waals surface area (Å²) >= 11 is 6.01. The third-order valence-electron chi connectivity index (χ3n) is 6.31. The molecule has 0 unspecified atom stereocenters. The van der Waals surface area contributed by atoms with E-state index in [1.807, 2.05) is 0 Å². The van der Waals surface area contributed by atoms with E-state index in [1.165, 1.54) is 62.3 Å². The fraction of sp³-hybridized carbons (Fsp3) is 0.455. The molecule has 3 amide bonds. The lowest BCUT2D eigenvalue weighted by Gasteiger charge is -2.30. The lowest BCUT2D eigenvalue weighted by atomic mass is 10.1. The smallest absolute Gasteiger partial charge is 0.410 e. The van der Waals surface area contributed by atoms with Crippen LogP contribution >= 0.6 is 11.6 Å². The molecular formula is C33H40ClF4N7O5. The highest BCUT2D eigenvalue weighted by atomic mass is 35.5. The summed E-state index contributed by atoms with van der Waals surface area (Å²) < 4.78 is 64.6. The first-order valence-electron chi connectivity index (χ1n) is 15.5. The van der Waals surface area contributed by atoms with Crippen LogP contribution < -0.4 is 10.6 Å². The highest BCUT2D eigenvalue weighted by molar-refractivity contribution is 6.30. The molecule has 0 bridgehead atoms. The Morgan fingerprint density at radius 3 is 2.14 bits per heavy atom. The zero-order chi connectivity index (χ0) is 37.3. The quantitative estimate of drug-likeness (QED) is 0.179. The van der Waals surface area contributed by atoms with Gasteiger partial charge < -0.3 is 25.0 Å². The molecule has 12 nitrogen and oxygen atoms in total. The molecule has 0 fully saturated rings. The van der Waals surface area contributed by atoms with Gasteiger partial charge in [0.2, 0.25) is 5.91 Å². The number of carbonyl (C=O) groups excluding carboxylic acids is 3. The van der Waals surface area contributed by atoms with Gasteiger partial charge in [0.25, 0.3) is 0 Å². The zero-order valence-corrected chi connectivity index (χ0v) is 29.3. The van der Waals surface area contributed by atoms with E-state index in [0.717, 1.165) is 0 Å². The van der Waals surface area contributed by atoms with Crippen molar-refractivity contribution in [1.29, 1.82) is 0 Å². The molecule has 0 aliphatic rings. The lowest BCUT2D eigenvalue weighted by Crippen LogP contribution is -2.44. The second-order valence-corrected chi connectivity index (χ2v) is 13.6. The van der Waals surface area contributed by atoms with E-state index in [1.54, 1.807) is 32.9 Å². The van der Waals surface area contributed by atoms with Gasteiger partial charge in [-0.15, -0.1) is 0 Å². The molecule has 2 aromatic heterocycles. The average Bonchev–Trinajstić information content (AvgIpc) is 2.97. The number of alkyl halides is 3. The Kier molecular flexibility index (Phi) is 13.3. The van der Waals surface area contributed by atoms with Crippen molar-refractivity contribution in [3.63, 3.8) is 0 Å². The van der Waals surface area contributed by atoms with Gasteiger partial charge in [0.15, 0.2) is 0 Å². The Morgan fingerprint density at radius 1 is 0.860 bits per heavy atom. The van der Waals surface area contributed by atoms with Crippen molar-refractivity contribution in [3.05, 3.63) is 59.6 Å². The number of ether oxygens (including phenoxy) is 2. The topological polar surface area (TPSA) is 139 Å². The van der Waals surface area contributed by atoms with Gasteiger partial charge >= 0.3 is 18.4 Å². The molecule has 0 saturated carbocycles. The molecule has 2 heterocycles. The fourth-order valence-corrected chi connectivity index (χ4v) is 4.47. The Hall–Kier alpha value is -4.73. The maximum atomic E-state index is 14.4. The number of anilines is 3. The van der Waals surface area contributed by atoms with Crippen molar-refractivity contribution in [3.8, 4) is 11.3 Å². The zero-order valence-electron chi connectivity index (χ0n) is 28.5. The number of nitrogens with zero attached hydrogens (tertiary/aromatic N) is 5. The monoisotopic (exact) mass is 725 g/mol. The highest BCUT2D eigenvalue weighted by Gasteiger charge is 2.35. The van der Waals surface area contributed by atoms with Crippen LogP contribution in [0, 0.1) is 5.82 Å². The third-order valence-corrected chi connectivity index (χ3v) is 6.55. The van der Waals surface area contributed by atoms with E-state index in [2.05, 4.69) is 25.8 Å². The predicted molar refractivity (Wildman–Crippen MR) is 179 cm³/mol. The molecule has 17 heteroatoms. The minimum Gasteiger partial charge on any atom is -0.444 e. The summed E-state index contributed by atoms with van der Waals surface area (Å²) in [4.78, 5) is 44.2. The fourth-order valence-electron chi connectivity index (χ4n) is 4.30. The van der Waals surface area contributed by atoms with E-state index in [-0.39, 0.29) is 49.6 Å². The average molecular weight is 726 g/mol. The van der Waals surface area contributed by atoms with Crippen molar-refractivity contribution >= 4 is 46.9 Å². The minimum absolute atomic E-state index is 0.0546. The van der Waals surface area contributed by atoms with Crippen LogP contribution in [0.3, 0.4) is 0 Å². The molecule has 0 aliphatic heterocycles. The number of halogens is 5. The van der Waals surface area contributed by atoms with Gasteiger partial charge in [-0.3, -0.25) is 9.69 Å². The minimum atomic E-state index is -4.67. The SMILES string of the molecule is CC(C)(C)OC(=O)N(CCCN(CC(F)(F)F)C(=O)OC(C)(C)C)CCC(=O)Nc1cc(Nc2cnnc(-c3cc(Cl)ccc3F)c2)ccn1. The Balaban J connectivity index is 1.65. The van der Waals surface area contributed by atoms with Crippen molar-refractivity contribution in [2.24, 2.45) is 0 Å². The van der Waals surface area contributed by atoms with Gasteiger partial charge in [0.05, 0.1) is 17.6 Å². The Labute approximate surface area is 292 Å². The first-order valence-corrected chi connectivity index (χ1v) is 15.9. The van der Waals surface area contributed by atoms with Crippen molar-refractivity contribution in [1.82, 2.24) is 25.0 Å². The summed E-state index contributed by atoms with van der Waals surface area (Å²) in [6.07, 6.45) is -3.99. The van der Waals surface area contributed by atoms with E-state index >= 15 is 0 Å². The van der Waals surface area contributed by atoms with Crippen LogP contribution in [-0.4, -0.2) is 86.6 Å². The lowest BCUT2D eigenvalue weighted by molar-refractivity contribution is -0.144. The summed E-state index contributed by atoms with van der Waals surface area (Å²) in [7, 11) is 0. The number of pyridine rings is 1. The summed E-state index contributed by atoms with van der Waals surface area (Å²) in [5, 5.41) is 14.0. The van der Waals surface area contributed by atoms with Gasteiger partial charge in [0.1, 0.15) is 29.4 Å². The molecular weight excluding hydrogens is 686 g/mol. The largest absolute Gasteiger partial charge is 0.444 e. The Bertz CT molecular complexity index is 1650. The van der Waals surface area contributed by atoms with Crippen molar-refractivity contribution in [2.75, 3.05) is 36.8 Å². The van der Waals surface area contributed by atoms with Gasteiger partial charge in [-0.25, -0.2) is 19.0 Å². The number of amides is 3. The van der Waals surface area contributed by atoms with Crippen LogP contribution in [0.15, 0.2) is 48.8 Å². The van der Waals surface area contributed by atoms with Crippen molar-refractivity contribution < 1.29 is 41.4 Å². The van der Waals surface area contributed by atoms with Crippen LogP contribution in [0.25, 0.3) is 11.3 Å². The van der Waals surface area contributed by atoms with Crippen LogP contribution in [0.5, 0.6) is 0 Å². The van der Waals surface area contributed by atoms with E-state index in [4.69, 9.17) is 21.1 Å². The highest BCUT2D eigenvalue weighted by Crippen LogP contribution is 2.27. The standard InChI is InChI=1S/C33H40ClF4N7O5/c1-31(2,3)49-29(47)44(13-7-14-45(20-33(36,37)38)30(48)50-32(4,5)6)15-11-28(46)42-27-18-22(10-12-39-27)41-23-17-26(43-40-19-23)24-16-21(34)8-9-25(24)35/h8-10,12,16-19H,7,11,13-15,20H2,1-6H3,(H2,39,41,42,43,46). The normalized spacial score (nSPS) is 11.8. The molecule has 0 spiro atoms. The maximum Gasteiger partial charge on any atom is 0.410 e. The molecule has 0 saturated heterocycles. The van der Waals surface area contributed by atoms with Crippen LogP contribution in [0.4, 0.5) is 44.3 Å². The maximum absolute atomic E-state index is 14.4. The summed E-state index contributed by atoms with van der Waals surface area (Å²) in [6.45, 7) is 7.39. The Morgan fingerprint density at radius 2 is 1.50 bits per heavy atom. The predicted octanol–water partition coefficient (Wildman–Crippen LogP) is 7.83. The molecule has 0 radical (unpaired) electrons. The molecule has 0 atom stereocenters. The second kappa shape index (κ2) is 16.8. The van der Waals surface area contributed by atoms with Crippen LogP contribution in [-0.2, 0) is 14.3 Å². The third kappa shape index (κ3) is 14.0. The molecule has 0 aliphatic carbocycles. The molecule has 272 valence electrons. The van der Waals surface area contributed by atoms with Crippen LogP contribution in [0.2, 0.25) is 5.02 Å². The number of hydrogen-bond acceptors (Lipinski definition) is 9. The molecule has 50 heavy (non-hydrogen) atoms.